The fraction of sp³-hybridized carbons (Fsp3) is 0.364. The molecule has 0 aromatic heterocycles. The van der Waals surface area contributed by atoms with E-state index in [1.165, 1.54) is 4.90 Å². The van der Waals surface area contributed by atoms with E-state index in [2.05, 4.69) is 5.32 Å². The number of carbonyl (C=O) groups is 2. The molecule has 0 saturated carbocycles. The molecule has 2 aromatic carbocycles. The van der Waals surface area contributed by atoms with Crippen molar-refractivity contribution < 1.29 is 14.3 Å². The van der Waals surface area contributed by atoms with Gasteiger partial charge >= 0.3 is 0 Å². The lowest BCUT2D eigenvalue weighted by Crippen LogP contribution is -2.49. The minimum atomic E-state index is -0.637. The van der Waals surface area contributed by atoms with Gasteiger partial charge in [0.25, 0.3) is 5.91 Å². The number of benzene rings is 2. The monoisotopic (exact) mass is 436 g/mol. The Balaban J connectivity index is 2.24. The van der Waals surface area contributed by atoms with Gasteiger partial charge in [-0.2, -0.15) is 0 Å². The number of halogens is 2. The molecule has 7 heteroatoms. The topological polar surface area (TPSA) is 58.6 Å². The highest BCUT2D eigenvalue weighted by Crippen LogP contribution is 2.24. The fourth-order valence-electron chi connectivity index (χ4n) is 3.16. The Bertz CT molecular complexity index is 866. The van der Waals surface area contributed by atoms with Gasteiger partial charge in [0.1, 0.15) is 11.8 Å². The van der Waals surface area contributed by atoms with Gasteiger partial charge in [-0.15, -0.1) is 0 Å². The summed E-state index contributed by atoms with van der Waals surface area (Å²) in [4.78, 5) is 26.9. The SMILES string of the molecule is CC[C@@H](C(=O)NC)N(Cc1ccc(Cl)cc1Cl)C(=O)COc1cc(C)cc(C)c1. The summed E-state index contributed by atoms with van der Waals surface area (Å²) >= 11 is 12.3. The van der Waals surface area contributed by atoms with E-state index in [0.717, 1.165) is 11.1 Å². The minimum Gasteiger partial charge on any atom is -0.484 e. The van der Waals surface area contributed by atoms with Crippen molar-refractivity contribution in [2.24, 2.45) is 0 Å². The smallest absolute Gasteiger partial charge is 0.261 e. The van der Waals surface area contributed by atoms with Crippen LogP contribution in [0.2, 0.25) is 10.0 Å². The summed E-state index contributed by atoms with van der Waals surface area (Å²) in [6.07, 6.45) is 0.459. The van der Waals surface area contributed by atoms with Gasteiger partial charge in [0.2, 0.25) is 5.91 Å². The van der Waals surface area contributed by atoms with Gasteiger partial charge in [-0.05, 0) is 61.2 Å². The van der Waals surface area contributed by atoms with Crippen molar-refractivity contribution in [3.8, 4) is 5.75 Å². The summed E-state index contributed by atoms with van der Waals surface area (Å²) < 4.78 is 5.73. The first kappa shape index (κ1) is 23.0. The maximum Gasteiger partial charge on any atom is 0.261 e. The number of nitrogens with one attached hydrogen (secondary N) is 1. The van der Waals surface area contributed by atoms with Crippen molar-refractivity contribution in [2.75, 3.05) is 13.7 Å². The maximum absolute atomic E-state index is 13.0. The summed E-state index contributed by atoms with van der Waals surface area (Å²) in [5, 5.41) is 3.57. The lowest BCUT2D eigenvalue weighted by Gasteiger charge is -2.30. The number of aryl methyl sites for hydroxylation is 2. The predicted molar refractivity (Wildman–Crippen MR) is 117 cm³/mol. The molecule has 0 fully saturated rings. The van der Waals surface area contributed by atoms with Gasteiger partial charge in [0, 0.05) is 23.6 Å². The Hall–Kier alpha value is -2.24. The minimum absolute atomic E-state index is 0.178. The molecular weight excluding hydrogens is 411 g/mol. The van der Waals surface area contributed by atoms with Crippen LogP contribution < -0.4 is 10.1 Å². The molecule has 2 aromatic rings. The van der Waals surface area contributed by atoms with E-state index in [1.54, 1.807) is 25.2 Å². The number of nitrogens with zero attached hydrogens (tertiary/aromatic N) is 1. The standard InChI is InChI=1S/C22H26Cl2N2O3/c1-5-20(22(28)25-4)26(12-16-6-7-17(23)11-19(16)24)21(27)13-29-18-9-14(2)8-15(3)10-18/h6-11,20H,5,12-13H2,1-4H3,(H,25,28)/t20-/m0/s1. The van der Waals surface area contributed by atoms with E-state index in [0.29, 0.717) is 27.8 Å². The number of carbonyl (C=O) groups excluding carboxylic acids is 2. The van der Waals surface area contributed by atoms with Gasteiger partial charge < -0.3 is 15.0 Å². The number of amides is 2. The molecule has 0 unspecified atom stereocenters. The average molecular weight is 437 g/mol. The molecule has 2 rings (SSSR count). The second-order valence-electron chi connectivity index (χ2n) is 6.91. The summed E-state index contributed by atoms with van der Waals surface area (Å²) in [6, 6.07) is 10.2. The number of rotatable bonds is 8. The summed E-state index contributed by atoms with van der Waals surface area (Å²) in [7, 11) is 1.55. The van der Waals surface area contributed by atoms with Gasteiger partial charge in [-0.25, -0.2) is 0 Å². The van der Waals surface area contributed by atoms with Crippen LogP contribution in [0.4, 0.5) is 0 Å². The number of ether oxygens (including phenoxy) is 1. The molecule has 0 radical (unpaired) electrons. The van der Waals surface area contributed by atoms with Crippen LogP contribution in [0.25, 0.3) is 0 Å². The van der Waals surface area contributed by atoms with Crippen molar-refractivity contribution in [2.45, 2.75) is 39.8 Å². The Kier molecular flexibility index (Phi) is 8.35. The molecule has 2 amide bonds. The maximum atomic E-state index is 13.0. The van der Waals surface area contributed by atoms with E-state index in [-0.39, 0.29) is 25.0 Å². The van der Waals surface area contributed by atoms with Crippen molar-refractivity contribution in [3.05, 3.63) is 63.1 Å². The zero-order valence-electron chi connectivity index (χ0n) is 17.1. The fourth-order valence-corrected chi connectivity index (χ4v) is 3.63. The summed E-state index contributed by atoms with van der Waals surface area (Å²) in [6.45, 7) is 5.79. The number of hydrogen-bond acceptors (Lipinski definition) is 3. The molecule has 29 heavy (non-hydrogen) atoms. The Labute approximate surface area is 181 Å². The molecule has 0 aliphatic rings. The quantitative estimate of drug-likeness (QED) is 0.660. The highest BCUT2D eigenvalue weighted by molar-refractivity contribution is 6.35. The predicted octanol–water partition coefficient (Wildman–Crippen LogP) is 4.54. The van der Waals surface area contributed by atoms with Gasteiger partial charge in [0.05, 0.1) is 0 Å². The average Bonchev–Trinajstić information content (AvgIpc) is 2.66. The largest absolute Gasteiger partial charge is 0.484 e. The van der Waals surface area contributed by atoms with Crippen LogP contribution in [0.5, 0.6) is 5.75 Å². The lowest BCUT2D eigenvalue weighted by atomic mass is 10.1. The van der Waals surface area contributed by atoms with Crippen molar-refractivity contribution in [3.63, 3.8) is 0 Å². The van der Waals surface area contributed by atoms with Crippen LogP contribution in [-0.4, -0.2) is 36.4 Å². The van der Waals surface area contributed by atoms with Crippen LogP contribution in [0.3, 0.4) is 0 Å². The summed E-state index contributed by atoms with van der Waals surface area (Å²) in [5.74, 6) is 0.0799. The molecule has 0 saturated heterocycles. The molecular formula is C22H26Cl2N2O3. The molecule has 1 atom stereocenters. The first-order valence-corrected chi connectivity index (χ1v) is 10.2. The van der Waals surface area contributed by atoms with Crippen molar-refractivity contribution >= 4 is 35.0 Å². The molecule has 0 heterocycles. The zero-order valence-corrected chi connectivity index (χ0v) is 18.6. The first-order valence-electron chi connectivity index (χ1n) is 9.41. The van der Waals surface area contributed by atoms with Crippen LogP contribution in [0.1, 0.15) is 30.0 Å². The number of hydrogen-bond donors (Lipinski definition) is 1. The number of likely N-dealkylation sites (N-methyl/N-ethyl adjacent to an activating group) is 1. The highest BCUT2D eigenvalue weighted by atomic mass is 35.5. The Morgan fingerprint density at radius 2 is 1.76 bits per heavy atom. The van der Waals surface area contributed by atoms with Crippen molar-refractivity contribution in [1.29, 1.82) is 0 Å². The molecule has 0 aliphatic carbocycles. The molecule has 0 aliphatic heterocycles. The molecule has 1 N–H and O–H groups in total. The van der Waals surface area contributed by atoms with Crippen molar-refractivity contribution in [1.82, 2.24) is 10.2 Å². The lowest BCUT2D eigenvalue weighted by molar-refractivity contribution is -0.142. The third kappa shape index (κ3) is 6.38. The first-order chi connectivity index (χ1) is 13.7. The van der Waals surface area contributed by atoms with Gasteiger partial charge in [0.15, 0.2) is 6.61 Å². The second kappa shape index (κ2) is 10.5. The molecule has 0 spiro atoms. The van der Waals surface area contributed by atoms with Crippen LogP contribution >= 0.6 is 23.2 Å². The second-order valence-corrected chi connectivity index (χ2v) is 7.75. The third-order valence-corrected chi connectivity index (χ3v) is 5.13. The molecule has 156 valence electrons. The van der Waals surface area contributed by atoms with E-state index >= 15 is 0 Å². The van der Waals surface area contributed by atoms with Gasteiger partial charge in [-0.3, -0.25) is 9.59 Å². The molecule has 5 nitrogen and oxygen atoms in total. The highest BCUT2D eigenvalue weighted by Gasteiger charge is 2.28. The van der Waals surface area contributed by atoms with E-state index in [9.17, 15) is 9.59 Å². The van der Waals surface area contributed by atoms with Gasteiger partial charge in [-0.1, -0.05) is 42.3 Å². The van der Waals surface area contributed by atoms with Crippen LogP contribution in [0, 0.1) is 13.8 Å². The Morgan fingerprint density at radius 1 is 1.10 bits per heavy atom. The normalized spacial score (nSPS) is 11.7. The summed E-state index contributed by atoms with van der Waals surface area (Å²) in [5.41, 5.74) is 2.81. The zero-order chi connectivity index (χ0) is 21.6. The molecule has 0 bridgehead atoms. The van der Waals surface area contributed by atoms with E-state index < -0.39 is 6.04 Å². The van der Waals surface area contributed by atoms with E-state index in [4.69, 9.17) is 27.9 Å². The third-order valence-electron chi connectivity index (χ3n) is 4.55. The van der Waals surface area contributed by atoms with E-state index in [1.807, 2.05) is 39.0 Å². The van der Waals surface area contributed by atoms with Crippen LogP contribution in [0.15, 0.2) is 36.4 Å². The Morgan fingerprint density at radius 3 is 2.31 bits per heavy atom. The van der Waals surface area contributed by atoms with Crippen LogP contribution in [-0.2, 0) is 16.1 Å².